The third-order valence-electron chi connectivity index (χ3n) is 1.39. The summed E-state index contributed by atoms with van der Waals surface area (Å²) in [5, 5.41) is 0. The van der Waals surface area contributed by atoms with Crippen LogP contribution in [0.3, 0.4) is 0 Å². The van der Waals surface area contributed by atoms with Gasteiger partial charge in [0.15, 0.2) is 0 Å². The molecule has 0 aromatic carbocycles. The highest BCUT2D eigenvalue weighted by Crippen LogP contribution is 2.08. The minimum Gasteiger partial charge on any atom is -0.249 e. The van der Waals surface area contributed by atoms with E-state index in [9.17, 15) is 0 Å². The maximum atomic E-state index is 4.15. The lowest BCUT2D eigenvalue weighted by atomic mass is 10.2. The molecule has 11 heavy (non-hydrogen) atoms. The molecule has 0 saturated heterocycles. The summed E-state index contributed by atoms with van der Waals surface area (Å²) in [7, 11) is 0. The van der Waals surface area contributed by atoms with Crippen LogP contribution in [0.4, 0.5) is 0 Å². The topological polar surface area (TPSA) is 12.9 Å². The van der Waals surface area contributed by atoms with Gasteiger partial charge in [-0.3, -0.25) is 0 Å². The molecule has 1 aromatic heterocycles. The van der Waals surface area contributed by atoms with Crippen molar-refractivity contribution in [3.05, 3.63) is 28.5 Å². The quantitative estimate of drug-likeness (QED) is 0.472. The summed E-state index contributed by atoms with van der Waals surface area (Å²) in [5.74, 6) is 0. The number of alkyl halides is 1. The Balaban J connectivity index is 2.52. The molecule has 0 aliphatic rings. The fourth-order valence-electron chi connectivity index (χ4n) is 0.825. The molecule has 0 bridgehead atoms. The Bertz CT molecular complexity index is 210. The minimum absolute atomic E-state index is 0.913. The van der Waals surface area contributed by atoms with Crippen molar-refractivity contribution in [2.24, 2.45) is 0 Å². The van der Waals surface area contributed by atoms with Crippen LogP contribution < -0.4 is 0 Å². The van der Waals surface area contributed by atoms with Gasteiger partial charge in [-0.05, 0) is 44.8 Å². The van der Waals surface area contributed by atoms with E-state index in [2.05, 4.69) is 49.6 Å². The summed E-state index contributed by atoms with van der Waals surface area (Å²) in [5.41, 5.74) is 1.32. The Kier molecular flexibility index (Phi) is 4.37. The molecule has 0 atom stereocenters. The van der Waals surface area contributed by atoms with Crippen LogP contribution in [0.1, 0.15) is 12.0 Å². The maximum Gasteiger partial charge on any atom is 0.106 e. The minimum atomic E-state index is 0.913. The third kappa shape index (κ3) is 3.51. The zero-order valence-corrected chi connectivity index (χ0v) is 9.80. The fourth-order valence-corrected chi connectivity index (χ4v) is 1.44. The lowest BCUT2D eigenvalue weighted by Gasteiger charge is -1.97. The normalized spacial score (nSPS) is 10.0. The highest BCUT2D eigenvalue weighted by Gasteiger charge is 1.92. The van der Waals surface area contributed by atoms with Crippen LogP contribution in [0.5, 0.6) is 0 Å². The molecule has 1 aromatic rings. The van der Waals surface area contributed by atoms with Crippen LogP contribution in [0.2, 0.25) is 0 Å². The maximum absolute atomic E-state index is 4.15. The van der Waals surface area contributed by atoms with Gasteiger partial charge < -0.3 is 0 Å². The van der Waals surface area contributed by atoms with E-state index in [4.69, 9.17) is 0 Å². The molecular formula is C8H9BrIN. The molecule has 0 amide bonds. The second-order valence-corrected chi connectivity index (χ2v) is 4.17. The molecule has 1 rings (SSSR count). The molecule has 0 aliphatic heterocycles. The highest BCUT2D eigenvalue weighted by molar-refractivity contribution is 14.1. The summed E-state index contributed by atoms with van der Waals surface area (Å²) in [4.78, 5) is 4.15. The average molecular weight is 326 g/mol. The molecule has 3 heteroatoms. The summed E-state index contributed by atoms with van der Waals surface area (Å²) < 4.78 is 2.13. The summed E-state index contributed by atoms with van der Waals surface area (Å²) in [6, 6.07) is 4.10. The van der Waals surface area contributed by atoms with Crippen LogP contribution in [0.15, 0.2) is 22.9 Å². The first-order chi connectivity index (χ1) is 5.33. The summed E-state index contributed by atoms with van der Waals surface area (Å²) >= 11 is 5.69. The van der Waals surface area contributed by atoms with E-state index < -0.39 is 0 Å². The van der Waals surface area contributed by atoms with Gasteiger partial charge in [-0.25, -0.2) is 4.98 Å². The molecule has 0 aliphatic carbocycles. The first-order valence-electron chi connectivity index (χ1n) is 3.49. The Morgan fingerprint density at radius 2 is 2.27 bits per heavy atom. The second-order valence-electron chi connectivity index (χ2n) is 2.28. The van der Waals surface area contributed by atoms with Crippen LogP contribution in [-0.2, 0) is 6.42 Å². The van der Waals surface area contributed by atoms with Gasteiger partial charge in [-0.1, -0.05) is 28.7 Å². The summed E-state index contributed by atoms with van der Waals surface area (Å²) in [6.07, 6.45) is 4.31. The largest absolute Gasteiger partial charge is 0.249 e. The lowest BCUT2D eigenvalue weighted by Crippen LogP contribution is -1.86. The van der Waals surface area contributed by atoms with Gasteiger partial charge in [0, 0.05) is 6.20 Å². The van der Waals surface area contributed by atoms with E-state index in [0.29, 0.717) is 0 Å². The van der Waals surface area contributed by atoms with Crippen LogP contribution in [-0.4, -0.2) is 9.41 Å². The Hall–Kier alpha value is 0.360. The van der Waals surface area contributed by atoms with Crippen LogP contribution in [0, 0.1) is 0 Å². The Morgan fingerprint density at radius 1 is 1.45 bits per heavy atom. The van der Waals surface area contributed by atoms with Crippen molar-refractivity contribution in [1.82, 2.24) is 4.98 Å². The number of hydrogen-bond acceptors (Lipinski definition) is 1. The molecule has 0 fully saturated rings. The van der Waals surface area contributed by atoms with E-state index in [1.165, 1.54) is 16.4 Å². The number of aromatic nitrogens is 1. The van der Waals surface area contributed by atoms with Crippen molar-refractivity contribution < 1.29 is 0 Å². The van der Waals surface area contributed by atoms with Crippen LogP contribution in [0.25, 0.3) is 0 Å². The Labute approximate surface area is 88.9 Å². The van der Waals surface area contributed by atoms with Crippen molar-refractivity contribution >= 4 is 38.5 Å². The van der Waals surface area contributed by atoms with Crippen molar-refractivity contribution in [3.8, 4) is 0 Å². The molecule has 60 valence electrons. The zero-order chi connectivity index (χ0) is 8.10. The standard InChI is InChI=1S/C8H9BrIN/c9-8-4-3-7(6-11-8)2-1-5-10/h3-4,6H,1-2,5H2. The van der Waals surface area contributed by atoms with Gasteiger partial charge >= 0.3 is 0 Å². The average Bonchev–Trinajstić information content (AvgIpc) is 2.04. The van der Waals surface area contributed by atoms with Crippen molar-refractivity contribution in [2.45, 2.75) is 12.8 Å². The molecule has 0 N–H and O–H groups in total. The van der Waals surface area contributed by atoms with Gasteiger partial charge in [0.05, 0.1) is 0 Å². The van der Waals surface area contributed by atoms with E-state index in [-0.39, 0.29) is 0 Å². The first kappa shape index (κ1) is 9.45. The van der Waals surface area contributed by atoms with E-state index in [1.807, 2.05) is 12.3 Å². The van der Waals surface area contributed by atoms with Crippen LogP contribution >= 0.6 is 38.5 Å². The molecule has 0 radical (unpaired) electrons. The Morgan fingerprint density at radius 3 is 2.82 bits per heavy atom. The molecule has 1 nitrogen and oxygen atoms in total. The number of nitrogens with zero attached hydrogens (tertiary/aromatic N) is 1. The van der Waals surface area contributed by atoms with Gasteiger partial charge in [0.25, 0.3) is 0 Å². The van der Waals surface area contributed by atoms with E-state index in [0.717, 1.165) is 11.0 Å². The summed E-state index contributed by atoms with van der Waals surface area (Å²) in [6.45, 7) is 0. The number of halogens is 2. The number of pyridine rings is 1. The zero-order valence-electron chi connectivity index (χ0n) is 6.06. The fraction of sp³-hybridized carbons (Fsp3) is 0.375. The van der Waals surface area contributed by atoms with Gasteiger partial charge in [-0.2, -0.15) is 0 Å². The highest BCUT2D eigenvalue weighted by atomic mass is 127. The van der Waals surface area contributed by atoms with Crippen molar-refractivity contribution in [3.63, 3.8) is 0 Å². The molecular weight excluding hydrogens is 317 g/mol. The van der Waals surface area contributed by atoms with E-state index >= 15 is 0 Å². The van der Waals surface area contributed by atoms with Gasteiger partial charge in [0.2, 0.25) is 0 Å². The van der Waals surface area contributed by atoms with E-state index in [1.54, 1.807) is 0 Å². The molecule has 1 heterocycles. The third-order valence-corrected chi connectivity index (χ3v) is 2.62. The smallest absolute Gasteiger partial charge is 0.106 e. The number of rotatable bonds is 3. The lowest BCUT2D eigenvalue weighted by molar-refractivity contribution is 0.934. The molecule has 0 saturated carbocycles. The molecule has 0 spiro atoms. The van der Waals surface area contributed by atoms with Crippen molar-refractivity contribution in [1.29, 1.82) is 0 Å². The monoisotopic (exact) mass is 325 g/mol. The first-order valence-corrected chi connectivity index (χ1v) is 5.81. The SMILES string of the molecule is Brc1ccc(CCCI)cn1. The molecule has 0 unspecified atom stereocenters. The predicted molar refractivity (Wildman–Crippen MR) is 59.1 cm³/mol. The van der Waals surface area contributed by atoms with Crippen molar-refractivity contribution in [2.75, 3.05) is 4.43 Å². The van der Waals surface area contributed by atoms with Gasteiger partial charge in [-0.15, -0.1) is 0 Å². The second kappa shape index (κ2) is 5.09. The predicted octanol–water partition coefficient (Wildman–Crippen LogP) is 3.21. The number of hydrogen-bond donors (Lipinski definition) is 0. The van der Waals surface area contributed by atoms with Gasteiger partial charge in [0.1, 0.15) is 4.60 Å². The number of aryl methyl sites for hydroxylation is 1.